The van der Waals surface area contributed by atoms with Crippen molar-refractivity contribution in [3.05, 3.63) is 19.9 Å². The first-order valence-electron chi connectivity index (χ1n) is 4.23. The van der Waals surface area contributed by atoms with Crippen molar-refractivity contribution >= 4 is 33.9 Å². The fourth-order valence-electron chi connectivity index (χ4n) is 1.11. The van der Waals surface area contributed by atoms with Crippen molar-refractivity contribution < 1.29 is 0 Å². The topological polar surface area (TPSA) is 26.0 Å². The number of rotatable bonds is 4. The summed E-state index contributed by atoms with van der Waals surface area (Å²) in [6.45, 7) is 2.20. The molecule has 1 aromatic heterocycles. The standard InChI is InChI=1S/C9H14INS/c1-2-3-4-8(11)7-5-9(10)12-6-7/h5-6,8H,2-4,11H2,1H3. The van der Waals surface area contributed by atoms with E-state index in [0.29, 0.717) is 0 Å². The summed E-state index contributed by atoms with van der Waals surface area (Å²) in [4.78, 5) is 0. The molecule has 0 saturated heterocycles. The zero-order chi connectivity index (χ0) is 8.97. The van der Waals surface area contributed by atoms with Crippen LogP contribution in [-0.2, 0) is 0 Å². The van der Waals surface area contributed by atoms with Crippen LogP contribution in [0, 0.1) is 2.88 Å². The lowest BCUT2D eigenvalue weighted by molar-refractivity contribution is 0.605. The van der Waals surface area contributed by atoms with E-state index in [-0.39, 0.29) is 6.04 Å². The molecule has 0 aliphatic rings. The van der Waals surface area contributed by atoms with E-state index in [9.17, 15) is 0 Å². The van der Waals surface area contributed by atoms with Gasteiger partial charge in [-0.05, 0) is 46.0 Å². The third kappa shape index (κ3) is 3.03. The normalized spacial score (nSPS) is 13.2. The van der Waals surface area contributed by atoms with Crippen molar-refractivity contribution in [2.24, 2.45) is 5.73 Å². The van der Waals surface area contributed by atoms with Gasteiger partial charge in [0, 0.05) is 6.04 Å². The number of unbranched alkanes of at least 4 members (excludes halogenated alkanes) is 1. The Morgan fingerprint density at radius 3 is 2.92 bits per heavy atom. The maximum atomic E-state index is 6.00. The van der Waals surface area contributed by atoms with Crippen molar-refractivity contribution in [3.8, 4) is 0 Å². The van der Waals surface area contributed by atoms with Crippen LogP contribution in [0.15, 0.2) is 11.4 Å². The average molecular weight is 295 g/mol. The molecule has 0 radical (unpaired) electrons. The summed E-state index contributed by atoms with van der Waals surface area (Å²) < 4.78 is 1.33. The molecule has 3 heteroatoms. The quantitative estimate of drug-likeness (QED) is 0.845. The zero-order valence-corrected chi connectivity index (χ0v) is 10.2. The van der Waals surface area contributed by atoms with Crippen LogP contribution in [0.3, 0.4) is 0 Å². The van der Waals surface area contributed by atoms with Crippen LogP contribution in [0.2, 0.25) is 0 Å². The van der Waals surface area contributed by atoms with E-state index in [1.165, 1.54) is 21.3 Å². The van der Waals surface area contributed by atoms with Gasteiger partial charge in [0.15, 0.2) is 0 Å². The van der Waals surface area contributed by atoms with Crippen molar-refractivity contribution in [1.82, 2.24) is 0 Å². The molecule has 1 heterocycles. The van der Waals surface area contributed by atoms with Gasteiger partial charge in [0.25, 0.3) is 0 Å². The molecular weight excluding hydrogens is 281 g/mol. The van der Waals surface area contributed by atoms with Crippen LogP contribution in [0.4, 0.5) is 0 Å². The summed E-state index contributed by atoms with van der Waals surface area (Å²) in [5.41, 5.74) is 7.30. The van der Waals surface area contributed by atoms with E-state index in [1.807, 2.05) is 0 Å². The van der Waals surface area contributed by atoms with E-state index < -0.39 is 0 Å². The van der Waals surface area contributed by atoms with E-state index in [1.54, 1.807) is 11.3 Å². The molecule has 0 aromatic carbocycles. The van der Waals surface area contributed by atoms with Crippen molar-refractivity contribution in [1.29, 1.82) is 0 Å². The second kappa shape index (κ2) is 5.19. The molecule has 12 heavy (non-hydrogen) atoms. The number of halogens is 1. The lowest BCUT2D eigenvalue weighted by atomic mass is 10.1. The maximum absolute atomic E-state index is 6.00. The van der Waals surface area contributed by atoms with Gasteiger partial charge in [0.1, 0.15) is 0 Å². The van der Waals surface area contributed by atoms with Gasteiger partial charge < -0.3 is 5.73 Å². The van der Waals surface area contributed by atoms with Gasteiger partial charge in [-0.2, -0.15) is 0 Å². The number of nitrogens with two attached hydrogens (primary N) is 1. The monoisotopic (exact) mass is 295 g/mol. The molecule has 1 rings (SSSR count). The summed E-state index contributed by atoms with van der Waals surface area (Å²) in [7, 11) is 0. The fourth-order valence-corrected chi connectivity index (χ4v) is 2.55. The first-order chi connectivity index (χ1) is 5.74. The molecule has 68 valence electrons. The average Bonchev–Trinajstić information content (AvgIpc) is 2.47. The highest BCUT2D eigenvalue weighted by atomic mass is 127. The molecule has 1 unspecified atom stereocenters. The lowest BCUT2D eigenvalue weighted by Gasteiger charge is -2.07. The lowest BCUT2D eigenvalue weighted by Crippen LogP contribution is -2.08. The van der Waals surface area contributed by atoms with Gasteiger partial charge in [0.05, 0.1) is 2.88 Å². The highest BCUT2D eigenvalue weighted by molar-refractivity contribution is 14.1. The van der Waals surface area contributed by atoms with E-state index in [0.717, 1.165) is 6.42 Å². The van der Waals surface area contributed by atoms with Crippen LogP contribution in [-0.4, -0.2) is 0 Å². The van der Waals surface area contributed by atoms with Crippen LogP contribution >= 0.6 is 33.9 Å². The minimum atomic E-state index is 0.254. The minimum Gasteiger partial charge on any atom is -0.324 e. The van der Waals surface area contributed by atoms with Crippen LogP contribution in [0.25, 0.3) is 0 Å². The van der Waals surface area contributed by atoms with Crippen molar-refractivity contribution in [2.75, 3.05) is 0 Å². The van der Waals surface area contributed by atoms with Gasteiger partial charge in [0.2, 0.25) is 0 Å². The Bertz CT molecular complexity index is 234. The molecule has 2 N–H and O–H groups in total. The molecule has 0 fully saturated rings. The highest BCUT2D eigenvalue weighted by Gasteiger charge is 2.06. The largest absolute Gasteiger partial charge is 0.324 e. The molecule has 1 atom stereocenters. The molecule has 0 amide bonds. The molecule has 0 aliphatic carbocycles. The smallest absolute Gasteiger partial charge is 0.0656 e. The summed E-state index contributed by atoms with van der Waals surface area (Å²) in [6, 6.07) is 2.44. The van der Waals surface area contributed by atoms with Gasteiger partial charge in [-0.3, -0.25) is 0 Å². The Morgan fingerprint density at radius 2 is 2.42 bits per heavy atom. The summed E-state index contributed by atoms with van der Waals surface area (Å²) in [5.74, 6) is 0. The number of thiophene rings is 1. The number of hydrogen-bond acceptors (Lipinski definition) is 2. The van der Waals surface area contributed by atoms with Gasteiger partial charge in [-0.1, -0.05) is 19.8 Å². The predicted octanol–water partition coefficient (Wildman–Crippen LogP) is 3.54. The molecule has 0 bridgehead atoms. The van der Waals surface area contributed by atoms with E-state index in [4.69, 9.17) is 5.73 Å². The molecule has 0 aliphatic heterocycles. The first kappa shape index (κ1) is 10.5. The minimum absolute atomic E-state index is 0.254. The van der Waals surface area contributed by atoms with Gasteiger partial charge in [-0.15, -0.1) is 11.3 Å². The van der Waals surface area contributed by atoms with E-state index >= 15 is 0 Å². The highest BCUT2D eigenvalue weighted by Crippen LogP contribution is 2.23. The van der Waals surface area contributed by atoms with Crippen LogP contribution < -0.4 is 5.73 Å². The Hall–Kier alpha value is 0.390. The number of hydrogen-bond donors (Lipinski definition) is 1. The predicted molar refractivity (Wildman–Crippen MR) is 63.5 cm³/mol. The Balaban J connectivity index is 2.47. The second-order valence-corrected chi connectivity index (χ2v) is 5.74. The van der Waals surface area contributed by atoms with Crippen molar-refractivity contribution in [3.63, 3.8) is 0 Å². The molecule has 1 aromatic rings. The summed E-state index contributed by atoms with van der Waals surface area (Å²) >= 11 is 4.11. The Kier molecular flexibility index (Phi) is 4.53. The molecular formula is C9H14INS. The summed E-state index contributed by atoms with van der Waals surface area (Å²) in [6.07, 6.45) is 3.58. The van der Waals surface area contributed by atoms with E-state index in [2.05, 4.69) is 41.0 Å². The van der Waals surface area contributed by atoms with Gasteiger partial charge in [-0.25, -0.2) is 0 Å². The Morgan fingerprint density at radius 1 is 1.67 bits per heavy atom. The molecule has 0 saturated carbocycles. The second-order valence-electron chi connectivity index (χ2n) is 2.93. The summed E-state index contributed by atoms with van der Waals surface area (Å²) in [5, 5.41) is 2.17. The first-order valence-corrected chi connectivity index (χ1v) is 6.19. The SMILES string of the molecule is CCCCC(N)c1csc(I)c1. The molecule has 0 spiro atoms. The van der Waals surface area contributed by atoms with Gasteiger partial charge >= 0.3 is 0 Å². The maximum Gasteiger partial charge on any atom is 0.0656 e. The third-order valence-electron chi connectivity index (χ3n) is 1.88. The van der Waals surface area contributed by atoms with Crippen LogP contribution in [0.5, 0.6) is 0 Å². The fraction of sp³-hybridized carbons (Fsp3) is 0.556. The van der Waals surface area contributed by atoms with Crippen molar-refractivity contribution in [2.45, 2.75) is 32.2 Å². The third-order valence-corrected chi connectivity index (χ3v) is 3.69. The zero-order valence-electron chi connectivity index (χ0n) is 7.22. The Labute approximate surface area is 91.5 Å². The molecule has 1 nitrogen and oxygen atoms in total. The van der Waals surface area contributed by atoms with Crippen LogP contribution in [0.1, 0.15) is 37.8 Å².